The third-order valence-corrected chi connectivity index (χ3v) is 6.32. The van der Waals surface area contributed by atoms with Crippen molar-refractivity contribution in [3.8, 4) is 11.5 Å². The molecule has 2 aliphatic rings. The summed E-state index contributed by atoms with van der Waals surface area (Å²) >= 11 is 6.13. The van der Waals surface area contributed by atoms with E-state index in [2.05, 4.69) is 41.3 Å². The van der Waals surface area contributed by atoms with Gasteiger partial charge in [0.2, 0.25) is 0 Å². The average Bonchev–Trinajstić information content (AvgIpc) is 2.86. The molecule has 1 atom stereocenters. The molecule has 2 aliphatic heterocycles. The van der Waals surface area contributed by atoms with Gasteiger partial charge >= 0.3 is 0 Å². The molecule has 2 heterocycles. The number of piperazine rings is 1. The third kappa shape index (κ3) is 4.18. The zero-order valence-electron chi connectivity index (χ0n) is 17.7. The van der Waals surface area contributed by atoms with E-state index in [-0.39, 0.29) is 11.9 Å². The van der Waals surface area contributed by atoms with E-state index in [1.54, 1.807) is 0 Å². The van der Waals surface area contributed by atoms with Crippen LogP contribution in [0.15, 0.2) is 72.8 Å². The summed E-state index contributed by atoms with van der Waals surface area (Å²) in [6, 6.07) is 24.2. The van der Waals surface area contributed by atoms with Crippen LogP contribution in [-0.2, 0) is 0 Å². The van der Waals surface area contributed by atoms with Gasteiger partial charge in [-0.2, -0.15) is 0 Å². The van der Waals surface area contributed by atoms with Crippen molar-refractivity contribution >= 4 is 17.5 Å². The monoisotopic (exact) mass is 448 g/mol. The van der Waals surface area contributed by atoms with Crippen molar-refractivity contribution in [1.29, 1.82) is 0 Å². The minimum absolute atomic E-state index is 0.00486. The van der Waals surface area contributed by atoms with Gasteiger partial charge in [-0.05, 0) is 35.4 Å². The Morgan fingerprint density at radius 1 is 0.781 bits per heavy atom. The molecule has 3 aromatic carbocycles. The minimum atomic E-state index is -0.00486. The number of hydrogen-bond donors (Lipinski definition) is 0. The van der Waals surface area contributed by atoms with Gasteiger partial charge in [-0.3, -0.25) is 9.69 Å². The zero-order chi connectivity index (χ0) is 21.9. The first-order chi connectivity index (χ1) is 15.7. The standard InChI is InChI=1S/C26H25ClN2O3/c27-21-11-9-20(10-12-21)24(19-5-2-1-3-6-19)28-13-15-29(16-14-28)26(30)22-7-4-8-23-25(22)32-18-17-31-23/h1-12,24H,13-18H2/t24-/m1/s1. The summed E-state index contributed by atoms with van der Waals surface area (Å²) in [5, 5.41) is 0.730. The fourth-order valence-corrected chi connectivity index (χ4v) is 4.62. The number of fused-ring (bicyclic) bond motifs is 1. The van der Waals surface area contributed by atoms with E-state index in [0.29, 0.717) is 43.4 Å². The van der Waals surface area contributed by atoms with E-state index in [1.807, 2.05) is 41.3 Å². The Bertz CT molecular complexity index is 1080. The van der Waals surface area contributed by atoms with Gasteiger partial charge in [0, 0.05) is 31.2 Å². The Morgan fingerprint density at radius 3 is 2.22 bits per heavy atom. The van der Waals surface area contributed by atoms with E-state index in [0.717, 1.165) is 18.1 Å². The first-order valence-electron chi connectivity index (χ1n) is 10.9. The summed E-state index contributed by atoms with van der Waals surface area (Å²) in [5.41, 5.74) is 3.01. The van der Waals surface area contributed by atoms with E-state index >= 15 is 0 Å². The molecule has 32 heavy (non-hydrogen) atoms. The Morgan fingerprint density at radius 2 is 1.47 bits per heavy atom. The summed E-state index contributed by atoms with van der Waals surface area (Å²) in [6.07, 6.45) is 0. The fraction of sp³-hybridized carbons (Fsp3) is 0.269. The number of amides is 1. The highest BCUT2D eigenvalue weighted by molar-refractivity contribution is 6.30. The zero-order valence-corrected chi connectivity index (χ0v) is 18.5. The van der Waals surface area contributed by atoms with Crippen LogP contribution in [0.2, 0.25) is 5.02 Å². The van der Waals surface area contributed by atoms with Crippen LogP contribution in [-0.4, -0.2) is 55.1 Å². The summed E-state index contributed by atoms with van der Waals surface area (Å²) < 4.78 is 11.4. The highest BCUT2D eigenvalue weighted by Crippen LogP contribution is 2.35. The molecule has 0 spiro atoms. The maximum absolute atomic E-state index is 13.3. The Hall–Kier alpha value is -3.02. The topological polar surface area (TPSA) is 42.0 Å². The summed E-state index contributed by atoms with van der Waals surface area (Å²) in [6.45, 7) is 3.83. The molecule has 0 radical (unpaired) electrons. The van der Waals surface area contributed by atoms with Gasteiger partial charge in [0.25, 0.3) is 5.91 Å². The molecular weight excluding hydrogens is 424 g/mol. The molecule has 6 heteroatoms. The lowest BCUT2D eigenvalue weighted by Gasteiger charge is -2.40. The van der Waals surface area contributed by atoms with E-state index in [1.165, 1.54) is 11.1 Å². The smallest absolute Gasteiger partial charge is 0.257 e. The lowest BCUT2D eigenvalue weighted by Crippen LogP contribution is -2.50. The second kappa shape index (κ2) is 9.23. The second-order valence-corrected chi connectivity index (χ2v) is 8.46. The first kappa shape index (κ1) is 20.9. The molecule has 1 amide bonds. The molecule has 0 saturated carbocycles. The highest BCUT2D eigenvalue weighted by atomic mass is 35.5. The van der Waals surface area contributed by atoms with Crippen LogP contribution in [0.5, 0.6) is 11.5 Å². The molecule has 3 aromatic rings. The third-order valence-electron chi connectivity index (χ3n) is 6.06. The van der Waals surface area contributed by atoms with Crippen molar-refractivity contribution in [2.24, 2.45) is 0 Å². The Labute approximate surface area is 193 Å². The molecule has 1 saturated heterocycles. The van der Waals surface area contributed by atoms with E-state index < -0.39 is 0 Å². The van der Waals surface area contributed by atoms with Crippen LogP contribution in [0.3, 0.4) is 0 Å². The number of carbonyl (C=O) groups excluding carboxylic acids is 1. The number of hydrogen-bond acceptors (Lipinski definition) is 4. The van der Waals surface area contributed by atoms with Crippen LogP contribution in [0, 0.1) is 0 Å². The summed E-state index contributed by atoms with van der Waals surface area (Å²) in [7, 11) is 0. The normalized spacial score (nSPS) is 17.1. The van der Waals surface area contributed by atoms with Crippen molar-refractivity contribution in [2.45, 2.75) is 6.04 Å². The summed E-state index contributed by atoms with van der Waals surface area (Å²) in [5.74, 6) is 1.21. The Kier molecular flexibility index (Phi) is 6.02. The van der Waals surface area contributed by atoms with Gasteiger partial charge in [-0.25, -0.2) is 0 Å². The van der Waals surface area contributed by atoms with Gasteiger partial charge in [0.15, 0.2) is 11.5 Å². The molecule has 0 unspecified atom stereocenters. The predicted molar refractivity (Wildman–Crippen MR) is 125 cm³/mol. The minimum Gasteiger partial charge on any atom is -0.486 e. The van der Waals surface area contributed by atoms with Gasteiger partial charge in [0.05, 0.1) is 11.6 Å². The largest absolute Gasteiger partial charge is 0.486 e. The van der Waals surface area contributed by atoms with Gasteiger partial charge in [-0.1, -0.05) is 60.1 Å². The lowest BCUT2D eigenvalue weighted by atomic mass is 9.96. The highest BCUT2D eigenvalue weighted by Gasteiger charge is 2.30. The van der Waals surface area contributed by atoms with Crippen LogP contribution in [0.25, 0.3) is 0 Å². The number of carbonyl (C=O) groups is 1. The molecule has 0 bridgehead atoms. The van der Waals surface area contributed by atoms with Gasteiger partial charge in [0.1, 0.15) is 13.2 Å². The summed E-state index contributed by atoms with van der Waals surface area (Å²) in [4.78, 5) is 17.6. The Balaban J connectivity index is 1.35. The van der Waals surface area contributed by atoms with Gasteiger partial charge in [-0.15, -0.1) is 0 Å². The number of rotatable bonds is 4. The number of ether oxygens (including phenoxy) is 2. The molecule has 0 aromatic heterocycles. The number of nitrogens with zero attached hydrogens (tertiary/aromatic N) is 2. The maximum Gasteiger partial charge on any atom is 0.257 e. The van der Waals surface area contributed by atoms with Crippen molar-refractivity contribution < 1.29 is 14.3 Å². The molecule has 0 N–H and O–H groups in total. The van der Waals surface area contributed by atoms with Crippen molar-refractivity contribution in [1.82, 2.24) is 9.80 Å². The van der Waals surface area contributed by atoms with Crippen molar-refractivity contribution in [3.05, 3.63) is 94.5 Å². The van der Waals surface area contributed by atoms with Crippen molar-refractivity contribution in [2.75, 3.05) is 39.4 Å². The molecule has 5 rings (SSSR count). The van der Waals surface area contributed by atoms with Crippen LogP contribution < -0.4 is 9.47 Å². The predicted octanol–water partition coefficient (Wildman–Crippen LogP) is 4.66. The van der Waals surface area contributed by atoms with Crippen LogP contribution in [0.4, 0.5) is 0 Å². The maximum atomic E-state index is 13.3. The van der Waals surface area contributed by atoms with Crippen LogP contribution >= 0.6 is 11.6 Å². The van der Waals surface area contributed by atoms with Gasteiger partial charge < -0.3 is 14.4 Å². The molecule has 164 valence electrons. The quantitative estimate of drug-likeness (QED) is 0.582. The number of halogens is 1. The molecule has 5 nitrogen and oxygen atoms in total. The first-order valence-corrected chi connectivity index (χ1v) is 11.3. The van der Waals surface area contributed by atoms with Crippen LogP contribution in [0.1, 0.15) is 27.5 Å². The van der Waals surface area contributed by atoms with E-state index in [9.17, 15) is 4.79 Å². The average molecular weight is 449 g/mol. The second-order valence-electron chi connectivity index (χ2n) is 8.02. The number of para-hydroxylation sites is 1. The number of benzene rings is 3. The SMILES string of the molecule is O=C(c1cccc2c1OCCO2)N1CCN([C@H](c2ccccc2)c2ccc(Cl)cc2)CC1. The van der Waals surface area contributed by atoms with Crippen molar-refractivity contribution in [3.63, 3.8) is 0 Å². The van der Waals surface area contributed by atoms with E-state index in [4.69, 9.17) is 21.1 Å². The molecular formula is C26H25ClN2O3. The molecule has 0 aliphatic carbocycles. The fourth-order valence-electron chi connectivity index (χ4n) is 4.49. The lowest BCUT2D eigenvalue weighted by molar-refractivity contribution is 0.0589. The molecule has 1 fully saturated rings.